The van der Waals surface area contributed by atoms with Crippen molar-refractivity contribution in [1.29, 1.82) is 0 Å². The molecule has 104 valence electrons. The highest BCUT2D eigenvalue weighted by atomic mass is 32.1. The molecule has 1 aromatic heterocycles. The summed E-state index contributed by atoms with van der Waals surface area (Å²) < 4.78 is 0. The zero-order valence-corrected chi connectivity index (χ0v) is 13.3. The molecule has 0 aliphatic rings. The van der Waals surface area contributed by atoms with Crippen molar-refractivity contribution in [3.05, 3.63) is 11.1 Å². The Bertz CT molecular complexity index is 337. The van der Waals surface area contributed by atoms with E-state index in [1.807, 2.05) is 7.05 Å². The molecule has 0 aromatic carbocycles. The third kappa shape index (κ3) is 4.58. The number of hydrogen-bond donors (Lipinski definition) is 1. The van der Waals surface area contributed by atoms with Crippen LogP contribution < -0.4 is 10.2 Å². The quantitative estimate of drug-likeness (QED) is 0.820. The average molecular weight is 269 g/mol. The second-order valence-corrected chi connectivity index (χ2v) is 6.59. The molecule has 0 fully saturated rings. The molecule has 0 bridgehead atoms. The maximum atomic E-state index is 4.77. The van der Waals surface area contributed by atoms with Crippen molar-refractivity contribution >= 4 is 16.5 Å². The van der Waals surface area contributed by atoms with Gasteiger partial charge in [-0.25, -0.2) is 4.98 Å². The fraction of sp³-hybridized carbons (Fsp3) is 0.786. The highest BCUT2D eigenvalue weighted by Gasteiger charge is 2.15. The maximum absolute atomic E-state index is 4.77. The molecule has 1 unspecified atom stereocenters. The summed E-state index contributed by atoms with van der Waals surface area (Å²) in [5, 5.41) is 6.57. The van der Waals surface area contributed by atoms with Crippen LogP contribution in [0.3, 0.4) is 0 Å². The Hall–Kier alpha value is -0.610. The Morgan fingerprint density at radius 2 is 1.72 bits per heavy atom. The first-order chi connectivity index (χ1) is 8.43. The SMILES string of the molecule is CNC(C)c1csc(N(CC(C)C)CC(C)C)n1. The molecule has 1 aromatic rings. The second kappa shape index (κ2) is 7.10. The number of hydrogen-bond acceptors (Lipinski definition) is 4. The molecule has 1 heterocycles. The van der Waals surface area contributed by atoms with Crippen molar-refractivity contribution in [1.82, 2.24) is 10.3 Å². The van der Waals surface area contributed by atoms with Gasteiger partial charge in [-0.15, -0.1) is 11.3 Å². The van der Waals surface area contributed by atoms with Gasteiger partial charge in [0.25, 0.3) is 0 Å². The van der Waals surface area contributed by atoms with Crippen LogP contribution in [0.1, 0.15) is 46.4 Å². The summed E-state index contributed by atoms with van der Waals surface area (Å²) in [6, 6.07) is 0.329. The third-order valence-corrected chi connectivity index (χ3v) is 3.75. The van der Waals surface area contributed by atoms with E-state index in [9.17, 15) is 0 Å². The zero-order chi connectivity index (χ0) is 13.7. The fourth-order valence-electron chi connectivity index (χ4n) is 1.88. The minimum Gasteiger partial charge on any atom is -0.348 e. The molecular formula is C14H27N3S. The predicted octanol–water partition coefficient (Wildman–Crippen LogP) is 3.54. The lowest BCUT2D eigenvalue weighted by Gasteiger charge is -2.25. The lowest BCUT2D eigenvalue weighted by molar-refractivity contribution is 0.550. The van der Waals surface area contributed by atoms with E-state index in [4.69, 9.17) is 4.98 Å². The Morgan fingerprint density at radius 1 is 1.17 bits per heavy atom. The van der Waals surface area contributed by atoms with Gasteiger partial charge in [0.2, 0.25) is 0 Å². The maximum Gasteiger partial charge on any atom is 0.185 e. The normalized spacial score (nSPS) is 13.3. The van der Waals surface area contributed by atoms with E-state index in [0.29, 0.717) is 17.9 Å². The van der Waals surface area contributed by atoms with Crippen molar-refractivity contribution < 1.29 is 0 Å². The van der Waals surface area contributed by atoms with E-state index in [1.165, 1.54) is 0 Å². The molecule has 3 nitrogen and oxygen atoms in total. The monoisotopic (exact) mass is 269 g/mol. The number of nitrogens with one attached hydrogen (secondary N) is 1. The van der Waals surface area contributed by atoms with E-state index in [2.05, 4.69) is 50.2 Å². The Morgan fingerprint density at radius 3 is 2.17 bits per heavy atom. The molecule has 4 heteroatoms. The molecule has 18 heavy (non-hydrogen) atoms. The number of anilines is 1. The smallest absolute Gasteiger partial charge is 0.185 e. The van der Waals surface area contributed by atoms with Crippen molar-refractivity contribution in [3.8, 4) is 0 Å². The highest BCUT2D eigenvalue weighted by molar-refractivity contribution is 7.13. The molecule has 0 aliphatic carbocycles. The first kappa shape index (κ1) is 15.4. The number of rotatable bonds is 7. The van der Waals surface area contributed by atoms with Crippen LogP contribution >= 0.6 is 11.3 Å². The molecule has 1 rings (SSSR count). The van der Waals surface area contributed by atoms with Crippen LogP contribution in [-0.2, 0) is 0 Å². The van der Waals surface area contributed by atoms with Gasteiger partial charge in [0.15, 0.2) is 5.13 Å². The van der Waals surface area contributed by atoms with Crippen molar-refractivity contribution in [3.63, 3.8) is 0 Å². The van der Waals surface area contributed by atoms with Gasteiger partial charge in [-0.3, -0.25) is 0 Å². The van der Waals surface area contributed by atoms with Crippen LogP contribution in [0.2, 0.25) is 0 Å². The molecule has 0 radical (unpaired) electrons. The number of nitrogens with zero attached hydrogens (tertiary/aromatic N) is 2. The first-order valence-corrected chi connectivity index (χ1v) is 7.69. The minimum atomic E-state index is 0.329. The summed E-state index contributed by atoms with van der Waals surface area (Å²) in [6.45, 7) is 13.4. The molecule has 1 atom stereocenters. The lowest BCUT2D eigenvalue weighted by atomic mass is 10.1. The summed E-state index contributed by atoms with van der Waals surface area (Å²) >= 11 is 1.76. The van der Waals surface area contributed by atoms with Crippen LogP contribution in [0.15, 0.2) is 5.38 Å². The zero-order valence-electron chi connectivity index (χ0n) is 12.5. The van der Waals surface area contributed by atoms with E-state index < -0.39 is 0 Å². The molecule has 0 aliphatic heterocycles. The van der Waals surface area contributed by atoms with Crippen LogP contribution in [0, 0.1) is 11.8 Å². The highest BCUT2D eigenvalue weighted by Crippen LogP contribution is 2.25. The van der Waals surface area contributed by atoms with E-state index in [0.717, 1.165) is 23.9 Å². The molecule has 0 amide bonds. The third-order valence-electron chi connectivity index (χ3n) is 2.83. The number of aromatic nitrogens is 1. The summed E-state index contributed by atoms with van der Waals surface area (Å²) in [5.74, 6) is 1.33. The van der Waals surface area contributed by atoms with Crippen LogP contribution in [0.4, 0.5) is 5.13 Å². The predicted molar refractivity (Wildman–Crippen MR) is 81.5 cm³/mol. The van der Waals surface area contributed by atoms with Crippen molar-refractivity contribution in [2.45, 2.75) is 40.7 Å². The largest absolute Gasteiger partial charge is 0.348 e. The topological polar surface area (TPSA) is 28.2 Å². The van der Waals surface area contributed by atoms with Crippen molar-refractivity contribution in [2.75, 3.05) is 25.0 Å². The summed E-state index contributed by atoms with van der Waals surface area (Å²) in [6.07, 6.45) is 0. The molecular weight excluding hydrogens is 242 g/mol. The van der Waals surface area contributed by atoms with Gasteiger partial charge < -0.3 is 10.2 Å². The van der Waals surface area contributed by atoms with Crippen LogP contribution in [-0.4, -0.2) is 25.1 Å². The average Bonchev–Trinajstić information content (AvgIpc) is 2.75. The Balaban J connectivity index is 2.81. The minimum absolute atomic E-state index is 0.329. The second-order valence-electron chi connectivity index (χ2n) is 5.76. The van der Waals surface area contributed by atoms with Crippen LogP contribution in [0.25, 0.3) is 0 Å². The fourth-order valence-corrected chi connectivity index (χ4v) is 2.82. The van der Waals surface area contributed by atoms with E-state index in [-0.39, 0.29) is 0 Å². The van der Waals surface area contributed by atoms with Gasteiger partial charge in [0.1, 0.15) is 0 Å². The van der Waals surface area contributed by atoms with Gasteiger partial charge in [-0.2, -0.15) is 0 Å². The van der Waals surface area contributed by atoms with Crippen LogP contribution in [0.5, 0.6) is 0 Å². The van der Waals surface area contributed by atoms with Crippen molar-refractivity contribution in [2.24, 2.45) is 11.8 Å². The summed E-state index contributed by atoms with van der Waals surface area (Å²) in [7, 11) is 1.98. The molecule has 0 saturated carbocycles. The molecule has 0 saturated heterocycles. The number of thiazole rings is 1. The Kier molecular flexibility index (Phi) is 6.09. The van der Waals surface area contributed by atoms with Gasteiger partial charge in [-0.05, 0) is 25.8 Å². The van der Waals surface area contributed by atoms with Gasteiger partial charge >= 0.3 is 0 Å². The first-order valence-electron chi connectivity index (χ1n) is 6.81. The molecule has 0 spiro atoms. The van der Waals surface area contributed by atoms with Gasteiger partial charge in [-0.1, -0.05) is 27.7 Å². The lowest BCUT2D eigenvalue weighted by Crippen LogP contribution is -2.31. The summed E-state index contributed by atoms with van der Waals surface area (Å²) in [5.41, 5.74) is 1.15. The molecule has 1 N–H and O–H groups in total. The van der Waals surface area contributed by atoms with Gasteiger partial charge in [0, 0.05) is 24.5 Å². The Labute approximate surface area is 116 Å². The van der Waals surface area contributed by atoms with E-state index >= 15 is 0 Å². The van der Waals surface area contributed by atoms with Gasteiger partial charge in [0.05, 0.1) is 5.69 Å². The summed E-state index contributed by atoms with van der Waals surface area (Å²) in [4.78, 5) is 7.19. The standard InChI is InChI=1S/C14H27N3S/c1-10(2)7-17(8-11(3)4)14-16-13(9-18-14)12(5)15-6/h9-12,15H,7-8H2,1-6H3. The van der Waals surface area contributed by atoms with E-state index in [1.54, 1.807) is 11.3 Å².